The molecule has 0 bridgehead atoms. The molecule has 0 radical (unpaired) electrons. The summed E-state index contributed by atoms with van der Waals surface area (Å²) < 4.78 is 36.2. The number of carbonyl (C=O) groups is 1. The molecule has 2 atom stereocenters. The van der Waals surface area contributed by atoms with E-state index < -0.39 is 15.1 Å². The summed E-state index contributed by atoms with van der Waals surface area (Å²) in [4.78, 5) is 12.6. The fraction of sp³-hybridized carbons (Fsp3) is 0.526. The number of rotatable bonds is 6. The molecule has 9 nitrogen and oxygen atoms in total. The Balaban J connectivity index is 1.36. The molecule has 1 N–H and O–H groups in total. The van der Waals surface area contributed by atoms with Crippen LogP contribution in [0.5, 0.6) is 11.5 Å². The molecule has 30 heavy (non-hydrogen) atoms. The van der Waals surface area contributed by atoms with Crippen LogP contribution in [0.15, 0.2) is 23.4 Å². The van der Waals surface area contributed by atoms with Crippen molar-refractivity contribution >= 4 is 33.2 Å². The average molecular weight is 453 g/mol. The van der Waals surface area contributed by atoms with Crippen molar-refractivity contribution in [3.8, 4) is 11.5 Å². The van der Waals surface area contributed by atoms with Crippen molar-refractivity contribution in [2.24, 2.45) is 13.0 Å². The molecular weight excluding hydrogens is 428 g/mol. The second-order valence-electron chi connectivity index (χ2n) is 7.54. The van der Waals surface area contributed by atoms with Crippen LogP contribution in [0.3, 0.4) is 0 Å². The Kier molecular flexibility index (Phi) is 5.92. The smallest absolute Gasteiger partial charge is 0.237 e. The third-order valence-corrected chi connectivity index (χ3v) is 8.16. The molecule has 1 aromatic heterocycles. The number of sulfone groups is 1. The SMILES string of the molecule is C[C@@H](Sc1nnc(C[C@@H]2CCS(=O)(=O)C2)n1C)C(=O)Nc1ccc2c(c1)OCCO2. The van der Waals surface area contributed by atoms with Gasteiger partial charge in [0.1, 0.15) is 19.0 Å². The van der Waals surface area contributed by atoms with Crippen LogP contribution in [0.2, 0.25) is 0 Å². The van der Waals surface area contributed by atoms with Gasteiger partial charge in [-0.25, -0.2) is 8.42 Å². The number of nitrogens with zero attached hydrogens (tertiary/aromatic N) is 3. The average Bonchev–Trinajstić information content (AvgIpc) is 3.23. The number of amides is 1. The first-order chi connectivity index (χ1) is 14.3. The monoisotopic (exact) mass is 452 g/mol. The van der Waals surface area contributed by atoms with Crippen molar-refractivity contribution in [2.45, 2.75) is 30.2 Å². The molecule has 2 aromatic rings. The molecule has 0 saturated carbocycles. The second kappa shape index (κ2) is 8.46. The van der Waals surface area contributed by atoms with Crippen LogP contribution in [0.25, 0.3) is 0 Å². The van der Waals surface area contributed by atoms with E-state index in [1.807, 2.05) is 11.6 Å². The molecule has 162 valence electrons. The Morgan fingerprint density at radius 3 is 2.80 bits per heavy atom. The number of hydrogen-bond donors (Lipinski definition) is 1. The standard InChI is InChI=1S/C19H24N4O5S2/c1-12(18(24)20-14-3-4-15-16(10-14)28-7-6-27-15)29-19-22-21-17(23(19)2)9-13-5-8-30(25,26)11-13/h3-4,10,12-13H,5-9,11H2,1-2H3,(H,20,24)/t12-,13+/m1/s1. The maximum atomic E-state index is 12.6. The number of nitrogens with one attached hydrogen (secondary N) is 1. The van der Waals surface area contributed by atoms with Gasteiger partial charge in [-0.05, 0) is 31.4 Å². The van der Waals surface area contributed by atoms with E-state index in [9.17, 15) is 13.2 Å². The zero-order valence-corrected chi connectivity index (χ0v) is 18.5. The van der Waals surface area contributed by atoms with Crippen LogP contribution in [0.1, 0.15) is 19.2 Å². The highest BCUT2D eigenvalue weighted by atomic mass is 32.2. The second-order valence-corrected chi connectivity index (χ2v) is 11.1. The lowest BCUT2D eigenvalue weighted by molar-refractivity contribution is -0.115. The first-order valence-electron chi connectivity index (χ1n) is 9.76. The predicted octanol–water partition coefficient (Wildman–Crippen LogP) is 1.68. The van der Waals surface area contributed by atoms with Crippen molar-refractivity contribution in [1.29, 1.82) is 0 Å². The summed E-state index contributed by atoms with van der Waals surface area (Å²) in [6.07, 6.45) is 1.23. The van der Waals surface area contributed by atoms with Crippen molar-refractivity contribution in [3.63, 3.8) is 0 Å². The maximum absolute atomic E-state index is 12.6. The molecule has 1 aromatic carbocycles. The molecule has 0 unspecified atom stereocenters. The topological polar surface area (TPSA) is 112 Å². The third-order valence-electron chi connectivity index (χ3n) is 5.18. The number of benzene rings is 1. The minimum absolute atomic E-state index is 0.0756. The fourth-order valence-corrected chi connectivity index (χ4v) is 6.19. The number of anilines is 1. The van der Waals surface area contributed by atoms with Crippen molar-refractivity contribution < 1.29 is 22.7 Å². The molecule has 4 rings (SSSR count). The minimum Gasteiger partial charge on any atom is -0.486 e. The first kappa shape index (κ1) is 21.0. The van der Waals surface area contributed by atoms with Gasteiger partial charge in [-0.3, -0.25) is 4.79 Å². The Bertz CT molecular complexity index is 1050. The zero-order valence-electron chi connectivity index (χ0n) is 16.8. The van der Waals surface area contributed by atoms with Gasteiger partial charge < -0.3 is 19.4 Å². The summed E-state index contributed by atoms with van der Waals surface area (Å²) in [6.45, 7) is 2.80. The van der Waals surface area contributed by atoms with Gasteiger partial charge in [0.25, 0.3) is 0 Å². The molecular formula is C19H24N4O5S2. The van der Waals surface area contributed by atoms with Gasteiger partial charge in [0, 0.05) is 25.2 Å². The van der Waals surface area contributed by atoms with Gasteiger partial charge in [-0.1, -0.05) is 11.8 Å². The summed E-state index contributed by atoms with van der Waals surface area (Å²) in [5, 5.41) is 11.5. The van der Waals surface area contributed by atoms with E-state index in [-0.39, 0.29) is 23.3 Å². The summed E-state index contributed by atoms with van der Waals surface area (Å²) >= 11 is 1.31. The van der Waals surface area contributed by atoms with Gasteiger partial charge in [0.05, 0.1) is 16.8 Å². The first-order valence-corrected chi connectivity index (χ1v) is 12.5. The summed E-state index contributed by atoms with van der Waals surface area (Å²) in [5.41, 5.74) is 0.637. The van der Waals surface area contributed by atoms with Gasteiger partial charge in [0.2, 0.25) is 5.91 Å². The van der Waals surface area contributed by atoms with Crippen LogP contribution >= 0.6 is 11.8 Å². The summed E-state index contributed by atoms with van der Waals surface area (Å²) in [5.74, 6) is 2.38. The molecule has 1 fully saturated rings. The Morgan fingerprint density at radius 2 is 2.07 bits per heavy atom. The molecule has 2 aliphatic rings. The van der Waals surface area contributed by atoms with E-state index in [1.165, 1.54) is 11.8 Å². The van der Waals surface area contributed by atoms with Crippen LogP contribution < -0.4 is 14.8 Å². The molecule has 11 heteroatoms. The Labute approximate surface area is 179 Å². The molecule has 2 aliphatic heterocycles. The number of thioether (sulfide) groups is 1. The number of hydrogen-bond acceptors (Lipinski definition) is 8. The molecule has 1 amide bonds. The Hall–Kier alpha value is -2.27. The fourth-order valence-electron chi connectivity index (χ4n) is 3.49. The molecule has 3 heterocycles. The highest BCUT2D eigenvalue weighted by molar-refractivity contribution is 8.00. The van der Waals surface area contributed by atoms with Gasteiger partial charge >= 0.3 is 0 Å². The van der Waals surface area contributed by atoms with Gasteiger partial charge in [0.15, 0.2) is 26.5 Å². The van der Waals surface area contributed by atoms with Crippen molar-refractivity contribution in [2.75, 3.05) is 30.0 Å². The maximum Gasteiger partial charge on any atom is 0.237 e. The zero-order chi connectivity index (χ0) is 21.3. The minimum atomic E-state index is -2.92. The van der Waals surface area contributed by atoms with E-state index in [4.69, 9.17) is 9.47 Å². The molecule has 1 saturated heterocycles. The largest absolute Gasteiger partial charge is 0.486 e. The van der Waals surface area contributed by atoms with E-state index in [0.717, 1.165) is 5.82 Å². The lowest BCUT2D eigenvalue weighted by atomic mass is 10.1. The number of ether oxygens (including phenoxy) is 2. The number of fused-ring (bicyclic) bond motifs is 1. The van der Waals surface area contributed by atoms with Crippen molar-refractivity contribution in [3.05, 3.63) is 24.0 Å². The molecule has 0 aliphatic carbocycles. The number of aromatic nitrogens is 3. The molecule has 0 spiro atoms. The Morgan fingerprint density at radius 1 is 1.30 bits per heavy atom. The van der Waals surface area contributed by atoms with E-state index in [1.54, 1.807) is 25.1 Å². The van der Waals surface area contributed by atoms with Gasteiger partial charge in [-0.15, -0.1) is 10.2 Å². The van der Waals surface area contributed by atoms with E-state index in [2.05, 4.69) is 15.5 Å². The van der Waals surface area contributed by atoms with Crippen LogP contribution in [-0.4, -0.2) is 59.1 Å². The summed E-state index contributed by atoms with van der Waals surface area (Å²) in [7, 11) is -1.08. The lowest BCUT2D eigenvalue weighted by Crippen LogP contribution is -2.23. The van der Waals surface area contributed by atoms with E-state index in [0.29, 0.717) is 48.4 Å². The normalized spacial score (nSPS) is 20.7. The highest BCUT2D eigenvalue weighted by Crippen LogP contribution is 2.33. The van der Waals surface area contributed by atoms with E-state index >= 15 is 0 Å². The lowest BCUT2D eigenvalue weighted by Gasteiger charge is -2.19. The quantitative estimate of drug-likeness (QED) is 0.659. The highest BCUT2D eigenvalue weighted by Gasteiger charge is 2.29. The van der Waals surface area contributed by atoms with Crippen molar-refractivity contribution in [1.82, 2.24) is 14.8 Å². The predicted molar refractivity (Wildman–Crippen MR) is 113 cm³/mol. The van der Waals surface area contributed by atoms with Gasteiger partial charge in [-0.2, -0.15) is 0 Å². The number of carbonyl (C=O) groups excluding carboxylic acids is 1. The van der Waals surface area contributed by atoms with Crippen LogP contribution in [0.4, 0.5) is 5.69 Å². The summed E-state index contributed by atoms with van der Waals surface area (Å²) in [6, 6.07) is 5.30. The van der Waals surface area contributed by atoms with Crippen LogP contribution in [-0.2, 0) is 28.1 Å². The van der Waals surface area contributed by atoms with Crippen LogP contribution in [0, 0.1) is 5.92 Å². The third kappa shape index (κ3) is 4.72.